The van der Waals surface area contributed by atoms with Crippen LogP contribution in [0.3, 0.4) is 0 Å². The summed E-state index contributed by atoms with van der Waals surface area (Å²) in [4.78, 5) is 14.2. The largest absolute Gasteiger partial charge is 0.383 e. The van der Waals surface area contributed by atoms with Gasteiger partial charge in [0.25, 0.3) is 5.69 Å². The van der Waals surface area contributed by atoms with E-state index in [2.05, 4.69) is 34.7 Å². The van der Waals surface area contributed by atoms with Crippen molar-refractivity contribution in [3.63, 3.8) is 0 Å². The molecule has 0 aliphatic rings. The molecule has 0 fully saturated rings. The van der Waals surface area contributed by atoms with Gasteiger partial charge in [-0.1, -0.05) is 19.1 Å². The van der Waals surface area contributed by atoms with Gasteiger partial charge in [-0.25, -0.2) is 0 Å². The van der Waals surface area contributed by atoms with E-state index in [0.29, 0.717) is 5.69 Å². The molecule has 1 aromatic carbocycles. The summed E-state index contributed by atoms with van der Waals surface area (Å²) in [5.74, 6) is 0. The zero-order valence-electron chi connectivity index (χ0n) is 12.2. The molecule has 0 radical (unpaired) electrons. The van der Waals surface area contributed by atoms with Crippen molar-refractivity contribution < 1.29 is 4.92 Å². The lowest BCUT2D eigenvalue weighted by molar-refractivity contribution is -0.384. The molecule has 0 aliphatic carbocycles. The normalized spacial score (nSPS) is 10.8. The third-order valence-corrected chi connectivity index (χ3v) is 4.20. The van der Waals surface area contributed by atoms with Gasteiger partial charge in [-0.05, 0) is 29.6 Å². The van der Waals surface area contributed by atoms with Crippen LogP contribution in [0.4, 0.5) is 11.4 Å². The highest BCUT2D eigenvalue weighted by Crippen LogP contribution is 2.26. The second-order valence-electron chi connectivity index (χ2n) is 4.74. The molecule has 6 heteroatoms. The topological polar surface area (TPSA) is 58.4 Å². The van der Waals surface area contributed by atoms with E-state index in [9.17, 15) is 10.1 Å². The quantitative estimate of drug-likeness (QED) is 0.625. The number of hydrogen-bond acceptors (Lipinski definition) is 5. The third-order valence-electron chi connectivity index (χ3n) is 3.34. The van der Waals surface area contributed by atoms with Gasteiger partial charge in [-0.3, -0.25) is 15.0 Å². The monoisotopic (exact) mass is 305 g/mol. The number of nitro benzene ring substituents is 1. The van der Waals surface area contributed by atoms with E-state index in [1.807, 2.05) is 12.1 Å². The minimum absolute atomic E-state index is 0.113. The molecule has 0 atom stereocenters. The van der Waals surface area contributed by atoms with E-state index >= 15 is 0 Å². The summed E-state index contributed by atoms with van der Waals surface area (Å²) in [6.45, 7) is 4.74. The van der Waals surface area contributed by atoms with Crippen LogP contribution in [-0.2, 0) is 13.1 Å². The molecule has 1 N–H and O–H groups in total. The van der Waals surface area contributed by atoms with Crippen LogP contribution in [0.5, 0.6) is 0 Å². The van der Waals surface area contributed by atoms with Crippen LogP contribution in [0.2, 0.25) is 0 Å². The van der Waals surface area contributed by atoms with Crippen LogP contribution in [0.15, 0.2) is 35.7 Å². The van der Waals surface area contributed by atoms with Gasteiger partial charge in [-0.15, -0.1) is 11.3 Å². The summed E-state index contributed by atoms with van der Waals surface area (Å²) >= 11 is 1.75. The summed E-state index contributed by atoms with van der Waals surface area (Å²) in [6.07, 6.45) is 0. The highest BCUT2D eigenvalue weighted by Gasteiger charge is 2.14. The number of hydrogen-bond donors (Lipinski definition) is 1. The van der Waals surface area contributed by atoms with E-state index in [4.69, 9.17) is 0 Å². The van der Waals surface area contributed by atoms with Gasteiger partial charge in [-0.2, -0.15) is 0 Å². The Hall–Kier alpha value is -1.92. The van der Waals surface area contributed by atoms with Crippen molar-refractivity contribution in [3.05, 3.63) is 56.3 Å². The van der Waals surface area contributed by atoms with Gasteiger partial charge in [0.1, 0.15) is 5.69 Å². The Morgan fingerprint density at radius 3 is 2.71 bits per heavy atom. The van der Waals surface area contributed by atoms with Gasteiger partial charge in [0.05, 0.1) is 4.92 Å². The number of thiophene rings is 1. The maximum absolute atomic E-state index is 10.9. The molecule has 2 aromatic rings. The van der Waals surface area contributed by atoms with Crippen molar-refractivity contribution in [2.75, 3.05) is 18.9 Å². The van der Waals surface area contributed by atoms with Gasteiger partial charge in [0.2, 0.25) is 0 Å². The fourth-order valence-electron chi connectivity index (χ4n) is 2.20. The van der Waals surface area contributed by atoms with E-state index in [0.717, 1.165) is 25.2 Å². The number of anilines is 1. The van der Waals surface area contributed by atoms with Crippen molar-refractivity contribution in [2.45, 2.75) is 20.0 Å². The first kappa shape index (κ1) is 15.5. The predicted molar refractivity (Wildman–Crippen MR) is 86.8 cm³/mol. The van der Waals surface area contributed by atoms with Crippen molar-refractivity contribution in [2.24, 2.45) is 0 Å². The predicted octanol–water partition coefficient (Wildman–Crippen LogP) is 3.72. The van der Waals surface area contributed by atoms with Crippen molar-refractivity contribution in [1.29, 1.82) is 0 Å². The number of benzene rings is 1. The average molecular weight is 305 g/mol. The minimum Gasteiger partial charge on any atom is -0.383 e. The molecule has 1 heterocycles. The number of rotatable bonds is 7. The number of nitrogens with one attached hydrogen (secondary N) is 1. The first-order chi connectivity index (χ1) is 10.1. The second-order valence-corrected chi connectivity index (χ2v) is 5.77. The zero-order valence-corrected chi connectivity index (χ0v) is 13.0. The van der Waals surface area contributed by atoms with Gasteiger partial charge in [0.15, 0.2) is 0 Å². The number of nitro groups is 1. The SMILES string of the molecule is CCN(Cc1ccc([N+](=O)[O-])c(NC)c1)Cc1cccs1. The van der Waals surface area contributed by atoms with Gasteiger partial charge in [0, 0.05) is 31.1 Å². The molecule has 1 aromatic heterocycles. The van der Waals surface area contributed by atoms with E-state index in [1.54, 1.807) is 24.5 Å². The first-order valence-corrected chi connectivity index (χ1v) is 7.71. The van der Waals surface area contributed by atoms with Crippen LogP contribution in [0, 0.1) is 10.1 Å². The molecule has 0 saturated heterocycles. The summed E-state index contributed by atoms with van der Waals surface area (Å²) in [7, 11) is 1.70. The molecule has 2 rings (SSSR count). The van der Waals surface area contributed by atoms with Crippen LogP contribution in [0.25, 0.3) is 0 Å². The lowest BCUT2D eigenvalue weighted by atomic mass is 10.1. The Kier molecular flexibility index (Phi) is 5.30. The molecule has 21 heavy (non-hydrogen) atoms. The Balaban J connectivity index is 2.12. The smallest absolute Gasteiger partial charge is 0.292 e. The Morgan fingerprint density at radius 1 is 1.33 bits per heavy atom. The molecule has 0 saturated carbocycles. The lowest BCUT2D eigenvalue weighted by Gasteiger charge is -2.20. The van der Waals surface area contributed by atoms with Crippen LogP contribution in [-0.4, -0.2) is 23.4 Å². The number of nitrogens with zero attached hydrogens (tertiary/aromatic N) is 2. The van der Waals surface area contributed by atoms with E-state index in [1.165, 1.54) is 4.88 Å². The first-order valence-electron chi connectivity index (χ1n) is 6.83. The zero-order chi connectivity index (χ0) is 15.2. The van der Waals surface area contributed by atoms with Gasteiger partial charge < -0.3 is 5.32 Å². The van der Waals surface area contributed by atoms with Crippen LogP contribution in [0.1, 0.15) is 17.4 Å². The third kappa shape index (κ3) is 4.03. The molecule has 112 valence electrons. The average Bonchev–Trinajstić information content (AvgIpc) is 2.99. The summed E-state index contributed by atoms with van der Waals surface area (Å²) in [5.41, 5.74) is 1.75. The fraction of sp³-hybridized carbons (Fsp3) is 0.333. The Labute approximate surface area is 128 Å². The van der Waals surface area contributed by atoms with Crippen molar-refractivity contribution >= 4 is 22.7 Å². The summed E-state index contributed by atoms with van der Waals surface area (Å²) in [5, 5.41) is 15.9. The second kappa shape index (κ2) is 7.19. The molecular formula is C15H19N3O2S. The maximum atomic E-state index is 10.9. The standard InChI is InChI=1S/C15H19N3O2S/c1-3-17(11-13-5-4-8-21-13)10-12-6-7-15(18(19)20)14(9-12)16-2/h4-9,16H,3,10-11H2,1-2H3. The Bertz CT molecular complexity index is 599. The van der Waals surface area contributed by atoms with Gasteiger partial charge >= 0.3 is 0 Å². The molecule has 5 nitrogen and oxygen atoms in total. The molecular weight excluding hydrogens is 286 g/mol. The highest BCUT2D eigenvalue weighted by atomic mass is 32.1. The maximum Gasteiger partial charge on any atom is 0.292 e. The highest BCUT2D eigenvalue weighted by molar-refractivity contribution is 7.09. The van der Waals surface area contributed by atoms with Crippen molar-refractivity contribution in [3.8, 4) is 0 Å². The molecule has 0 amide bonds. The minimum atomic E-state index is -0.362. The summed E-state index contributed by atoms with van der Waals surface area (Å²) < 4.78 is 0. The van der Waals surface area contributed by atoms with Crippen molar-refractivity contribution in [1.82, 2.24) is 4.90 Å². The molecule has 0 unspecified atom stereocenters. The molecule has 0 bridgehead atoms. The fourth-order valence-corrected chi connectivity index (χ4v) is 2.95. The molecule has 0 spiro atoms. The van der Waals surface area contributed by atoms with E-state index in [-0.39, 0.29) is 10.6 Å². The van der Waals surface area contributed by atoms with E-state index < -0.39 is 0 Å². The van der Waals surface area contributed by atoms with Crippen LogP contribution >= 0.6 is 11.3 Å². The Morgan fingerprint density at radius 2 is 2.14 bits per heavy atom. The summed E-state index contributed by atoms with van der Waals surface area (Å²) in [6, 6.07) is 9.44. The lowest BCUT2D eigenvalue weighted by Crippen LogP contribution is -2.21. The molecule has 0 aliphatic heterocycles. The van der Waals surface area contributed by atoms with Crippen LogP contribution < -0.4 is 5.32 Å².